The first-order valence-corrected chi connectivity index (χ1v) is 22.8. The Hall–Kier alpha value is -2.07. The molecule has 2 N–H and O–H groups in total. The molecule has 0 aromatic heterocycles. The first kappa shape index (κ1) is 52.9. The van der Waals surface area contributed by atoms with Crippen LogP contribution in [-0.4, -0.2) is 28.1 Å². The Balaban J connectivity index is 0.00000390. The zero-order valence-electron chi connectivity index (χ0n) is 36.3. The first-order valence-electron chi connectivity index (χ1n) is 22.8. The molecule has 0 spiro atoms. The van der Waals surface area contributed by atoms with Crippen molar-refractivity contribution >= 4 is 11.4 Å². The Morgan fingerprint density at radius 1 is 0.473 bits per heavy atom. The van der Waals surface area contributed by atoms with E-state index in [9.17, 15) is 5.53 Å². The summed E-state index contributed by atoms with van der Waals surface area (Å²) in [6, 6.07) is 17.5. The Morgan fingerprint density at radius 2 is 0.855 bits per heavy atom. The van der Waals surface area contributed by atoms with Crippen molar-refractivity contribution in [3.05, 3.63) is 88.0 Å². The number of allylic oxidation sites excluding steroid dienone is 2. The zero-order valence-corrected chi connectivity index (χ0v) is 37.3. The molecule has 0 atom stereocenters. The monoisotopic (exact) mass is 803 g/mol. The molecule has 0 radical (unpaired) electrons. The van der Waals surface area contributed by atoms with E-state index in [0.717, 1.165) is 54.6 Å². The molecule has 3 rings (SSSR count). The number of hydrogen-bond acceptors (Lipinski definition) is 2. The van der Waals surface area contributed by atoms with Crippen molar-refractivity contribution in [2.24, 2.45) is 0 Å². The van der Waals surface area contributed by atoms with Crippen LogP contribution in [0.25, 0.3) is 16.9 Å². The molecule has 0 unspecified atom stereocenters. The molecule has 0 amide bonds. The van der Waals surface area contributed by atoms with Gasteiger partial charge in [0.2, 0.25) is 11.4 Å². The van der Waals surface area contributed by atoms with Crippen molar-refractivity contribution in [2.75, 3.05) is 13.2 Å². The van der Waals surface area contributed by atoms with Gasteiger partial charge in [-0.05, 0) is 81.3 Å². The normalized spacial score (nSPS) is 12.1. The minimum Gasteiger partial charge on any atom is -0.493 e. The number of rotatable bonds is 29. The molecular formula is C50H84N2NiO2. The average Bonchev–Trinajstić information content (AvgIpc) is 3.52. The van der Waals surface area contributed by atoms with Crippen molar-refractivity contribution < 1.29 is 31.4 Å². The molecule has 0 saturated heterocycles. The van der Waals surface area contributed by atoms with E-state index in [2.05, 4.69) is 75.4 Å². The van der Waals surface area contributed by atoms with Gasteiger partial charge in [0.15, 0.2) is 0 Å². The molecule has 0 saturated carbocycles. The largest absolute Gasteiger partial charge is 0.493 e. The van der Waals surface area contributed by atoms with Gasteiger partial charge in [-0.1, -0.05) is 186 Å². The van der Waals surface area contributed by atoms with Gasteiger partial charge in [0.1, 0.15) is 0 Å². The van der Waals surface area contributed by atoms with Crippen LogP contribution in [0.4, 0.5) is 0 Å². The number of aliphatic hydroxyl groups excluding tert-OH is 2. The molecule has 4 nitrogen and oxygen atoms in total. The Kier molecular flexibility index (Phi) is 36.1. The van der Waals surface area contributed by atoms with E-state index in [1.165, 1.54) is 163 Å². The second kappa shape index (κ2) is 37.5. The van der Waals surface area contributed by atoms with Crippen molar-refractivity contribution in [1.29, 1.82) is 0 Å². The summed E-state index contributed by atoms with van der Waals surface area (Å²) in [4.78, 5) is 0. The van der Waals surface area contributed by atoms with Gasteiger partial charge in [0.25, 0.3) is 0 Å². The predicted octanol–water partition coefficient (Wildman–Crippen LogP) is 15.4. The fourth-order valence-corrected chi connectivity index (χ4v) is 7.38. The summed E-state index contributed by atoms with van der Waals surface area (Å²) in [5.74, 6) is 0. The molecule has 2 aromatic carbocycles. The third-order valence-electron chi connectivity index (χ3n) is 10.5. The van der Waals surface area contributed by atoms with Crippen LogP contribution in [0.3, 0.4) is 0 Å². The van der Waals surface area contributed by atoms with E-state index in [1.807, 2.05) is 0 Å². The van der Waals surface area contributed by atoms with Crippen molar-refractivity contribution in [1.82, 2.24) is 0 Å². The Labute approximate surface area is 350 Å². The Bertz CT molecular complexity index is 1270. The fourth-order valence-electron chi connectivity index (χ4n) is 7.38. The van der Waals surface area contributed by atoms with E-state index < -0.39 is 0 Å². The number of nitrogens with zero attached hydrogens (tertiary/aromatic N) is 2. The van der Waals surface area contributed by atoms with Gasteiger partial charge in [-0.25, -0.2) is 4.70 Å². The molecule has 0 fully saturated rings. The van der Waals surface area contributed by atoms with Crippen molar-refractivity contribution in [3.8, 4) is 0 Å². The summed E-state index contributed by atoms with van der Waals surface area (Å²) in [5.41, 5.74) is 19.5. The van der Waals surface area contributed by atoms with E-state index in [0.29, 0.717) is 0 Å². The molecule has 1 heterocycles. The topological polar surface area (TPSA) is 65.8 Å². The fraction of sp³-hybridized carbons (Fsp3) is 0.680. The second-order valence-electron chi connectivity index (χ2n) is 15.4. The summed E-state index contributed by atoms with van der Waals surface area (Å²) in [6.07, 6.45) is 39.0. The quantitative estimate of drug-likeness (QED) is 0.0489. The summed E-state index contributed by atoms with van der Waals surface area (Å²) >= 11 is 0. The molecule has 2 aromatic rings. The zero-order chi connectivity index (χ0) is 39.5. The van der Waals surface area contributed by atoms with Gasteiger partial charge < -0.3 is 15.7 Å². The summed E-state index contributed by atoms with van der Waals surface area (Å²) in [6.45, 7) is 10.6. The molecule has 55 heavy (non-hydrogen) atoms. The number of benzene rings is 2. The smallest absolute Gasteiger partial charge is 0.210 e. The Morgan fingerprint density at radius 3 is 1.29 bits per heavy atom. The van der Waals surface area contributed by atoms with Crippen LogP contribution in [0.2, 0.25) is 0 Å². The molecule has 5 heteroatoms. The van der Waals surface area contributed by atoms with Crippen molar-refractivity contribution in [3.63, 3.8) is 0 Å². The van der Waals surface area contributed by atoms with E-state index >= 15 is 0 Å². The van der Waals surface area contributed by atoms with Gasteiger partial charge >= 0.3 is 0 Å². The number of aryl methyl sites for hydroxylation is 2. The van der Waals surface area contributed by atoms with Crippen LogP contribution in [0.1, 0.15) is 217 Å². The van der Waals surface area contributed by atoms with Gasteiger partial charge in [-0.2, -0.15) is 0 Å². The minimum atomic E-state index is 0. The molecule has 0 bridgehead atoms. The second-order valence-corrected chi connectivity index (χ2v) is 15.4. The van der Waals surface area contributed by atoms with Crippen LogP contribution in [0.5, 0.6) is 0 Å². The summed E-state index contributed by atoms with van der Waals surface area (Å²) in [5, 5.41) is 15.1. The summed E-state index contributed by atoms with van der Waals surface area (Å²) < 4.78 is 1.46. The van der Waals surface area contributed by atoms with Crippen LogP contribution in [0, 0.1) is 0 Å². The molecule has 316 valence electrons. The van der Waals surface area contributed by atoms with Crippen LogP contribution < -0.4 is 0 Å². The third kappa shape index (κ3) is 25.0. The van der Waals surface area contributed by atoms with E-state index in [1.54, 1.807) is 13.8 Å². The summed E-state index contributed by atoms with van der Waals surface area (Å²) in [7, 11) is 0. The van der Waals surface area contributed by atoms with Gasteiger partial charge in [-0.15, -0.1) is 0 Å². The number of aliphatic hydroxyl groups is 2. The maximum absolute atomic E-state index is 11.4. The average molecular weight is 804 g/mol. The maximum atomic E-state index is 11.4. The molecule has 1 aliphatic heterocycles. The maximum Gasteiger partial charge on any atom is 0.210 e. The number of unbranched alkanes of at least 4 members (excludes halogenated alkanes) is 22. The SMILES string of the molecule is CCCCCCCCCCCCCCCCCCCCCCCCc1cccc(C2=C(CCCC)C=C(c3cccc(CC)c3)[N+]2=[N-])c1.CCO.CCO.[Ni]. The van der Waals surface area contributed by atoms with Crippen LogP contribution in [-0.2, 0) is 29.3 Å². The van der Waals surface area contributed by atoms with Gasteiger partial charge in [0.05, 0.1) is 0 Å². The van der Waals surface area contributed by atoms with E-state index in [-0.39, 0.29) is 29.7 Å². The van der Waals surface area contributed by atoms with Crippen molar-refractivity contribution in [2.45, 2.75) is 208 Å². The third-order valence-corrected chi connectivity index (χ3v) is 10.5. The van der Waals surface area contributed by atoms with Crippen LogP contribution in [0.15, 0.2) is 60.2 Å². The first-order chi connectivity index (χ1) is 26.5. The van der Waals surface area contributed by atoms with Gasteiger partial charge in [-0.3, -0.25) is 0 Å². The molecule has 1 aliphatic rings. The van der Waals surface area contributed by atoms with Crippen LogP contribution >= 0.6 is 0 Å². The van der Waals surface area contributed by atoms with E-state index in [4.69, 9.17) is 10.2 Å². The molecule has 0 aliphatic carbocycles. The molecular weight excluding hydrogens is 719 g/mol. The predicted molar refractivity (Wildman–Crippen MR) is 237 cm³/mol. The van der Waals surface area contributed by atoms with Gasteiger partial charge in [0, 0.05) is 52.5 Å². The minimum absolute atomic E-state index is 0. The standard InChI is InChI=1S/C46H72N2.2C2H6O.Ni/c1-4-7-9-10-11-12-13-14-15-16-17-18-19-20-21-22-23-24-25-26-27-28-31-41-33-30-36-43(38-41)46-44(34-8-5-2)39-45(48(46)47)42-35-29-32-40(6-3)37-42;2*1-2-3;/h29-30,32-33,35-39H,4-28,31,34H2,1-3H3;2*3H,2H2,1H3;. The number of hydrogen-bond donors (Lipinski definition) is 2.